The number of amides is 1. The van der Waals surface area contributed by atoms with Crippen molar-refractivity contribution in [1.82, 2.24) is 9.88 Å². The molecule has 1 fully saturated rings. The Labute approximate surface area is 141 Å². The monoisotopic (exact) mass is 345 g/mol. The van der Waals surface area contributed by atoms with Crippen molar-refractivity contribution in [3.8, 4) is 0 Å². The second-order valence-electron chi connectivity index (χ2n) is 4.58. The predicted molar refractivity (Wildman–Crippen MR) is 93.1 cm³/mol. The normalized spacial score (nSPS) is 18.1. The van der Waals surface area contributed by atoms with Crippen molar-refractivity contribution in [2.45, 2.75) is 0 Å². The van der Waals surface area contributed by atoms with Gasteiger partial charge in [-0.15, -0.1) is 17.9 Å². The summed E-state index contributed by atoms with van der Waals surface area (Å²) in [6, 6.07) is 5.99. The first kappa shape index (κ1) is 15.6. The zero-order valence-electron chi connectivity index (χ0n) is 12.0. The third-order valence-electron chi connectivity index (χ3n) is 2.98. The molecule has 0 N–H and O–H groups in total. The van der Waals surface area contributed by atoms with Gasteiger partial charge in [0.25, 0.3) is 5.91 Å². The van der Waals surface area contributed by atoms with Crippen LogP contribution in [0.25, 0.3) is 6.08 Å². The van der Waals surface area contributed by atoms with Gasteiger partial charge in [0, 0.05) is 18.1 Å². The molecule has 2 heterocycles. The van der Waals surface area contributed by atoms with Crippen LogP contribution in [-0.2, 0) is 4.79 Å². The lowest BCUT2D eigenvalue weighted by atomic mass is 10.2. The van der Waals surface area contributed by atoms with Crippen molar-refractivity contribution in [2.24, 2.45) is 4.99 Å². The highest BCUT2D eigenvalue weighted by atomic mass is 32.2. The van der Waals surface area contributed by atoms with E-state index in [-0.39, 0.29) is 11.7 Å². The summed E-state index contributed by atoms with van der Waals surface area (Å²) in [4.78, 5) is 23.1. The summed E-state index contributed by atoms with van der Waals surface area (Å²) in [7, 11) is 0. The van der Waals surface area contributed by atoms with Crippen LogP contribution < -0.4 is 0 Å². The van der Waals surface area contributed by atoms with E-state index in [0.29, 0.717) is 21.7 Å². The van der Waals surface area contributed by atoms with Crippen molar-refractivity contribution in [1.29, 1.82) is 0 Å². The van der Waals surface area contributed by atoms with E-state index in [1.165, 1.54) is 35.2 Å². The molecule has 0 saturated carbocycles. The molecule has 23 heavy (non-hydrogen) atoms. The minimum atomic E-state index is -0.308. The molecule has 0 unspecified atom stereocenters. The topological polar surface area (TPSA) is 45.6 Å². The highest BCUT2D eigenvalue weighted by Crippen LogP contribution is 2.34. The van der Waals surface area contributed by atoms with E-state index < -0.39 is 0 Å². The van der Waals surface area contributed by atoms with Crippen molar-refractivity contribution < 1.29 is 9.18 Å². The second kappa shape index (κ2) is 6.89. The molecule has 1 aliphatic rings. The van der Waals surface area contributed by atoms with E-state index in [0.717, 1.165) is 5.56 Å². The van der Waals surface area contributed by atoms with Crippen LogP contribution in [0.5, 0.6) is 0 Å². The van der Waals surface area contributed by atoms with Crippen LogP contribution in [0.15, 0.2) is 58.4 Å². The molecule has 1 amide bonds. The highest BCUT2D eigenvalue weighted by molar-refractivity contribution is 8.18. The van der Waals surface area contributed by atoms with Crippen LogP contribution in [0, 0.1) is 5.82 Å². The molecule has 1 aromatic heterocycles. The van der Waals surface area contributed by atoms with Crippen LogP contribution in [-0.4, -0.2) is 27.5 Å². The van der Waals surface area contributed by atoms with Gasteiger partial charge < -0.3 is 0 Å². The fourth-order valence-corrected chi connectivity index (χ4v) is 3.50. The van der Waals surface area contributed by atoms with Gasteiger partial charge in [0.15, 0.2) is 5.17 Å². The molecule has 0 aliphatic carbocycles. The first-order valence-corrected chi connectivity index (χ1v) is 8.43. The first-order valence-electron chi connectivity index (χ1n) is 6.73. The van der Waals surface area contributed by atoms with Crippen LogP contribution in [0.2, 0.25) is 0 Å². The molecule has 1 saturated heterocycles. The Bertz CT molecular complexity index is 782. The number of benzene rings is 1. The Kier molecular flexibility index (Phi) is 4.68. The van der Waals surface area contributed by atoms with E-state index in [9.17, 15) is 9.18 Å². The summed E-state index contributed by atoms with van der Waals surface area (Å²) < 4.78 is 13.0. The van der Waals surface area contributed by atoms with Gasteiger partial charge in [0.05, 0.1) is 4.91 Å². The molecule has 0 bridgehead atoms. The van der Waals surface area contributed by atoms with Gasteiger partial charge >= 0.3 is 0 Å². The lowest BCUT2D eigenvalue weighted by Gasteiger charge is -2.11. The summed E-state index contributed by atoms with van der Waals surface area (Å²) >= 11 is 2.68. The molecule has 0 spiro atoms. The molecule has 0 radical (unpaired) electrons. The minimum Gasteiger partial charge on any atom is -0.282 e. The summed E-state index contributed by atoms with van der Waals surface area (Å²) in [5.74, 6) is -0.452. The van der Waals surface area contributed by atoms with Gasteiger partial charge in [-0.1, -0.05) is 18.2 Å². The van der Waals surface area contributed by atoms with E-state index in [1.54, 1.807) is 35.4 Å². The number of thiazole rings is 1. The molecule has 116 valence electrons. The van der Waals surface area contributed by atoms with Gasteiger partial charge in [0.2, 0.25) is 5.13 Å². The zero-order valence-corrected chi connectivity index (χ0v) is 13.6. The third-order valence-corrected chi connectivity index (χ3v) is 4.65. The number of hydrogen-bond donors (Lipinski definition) is 0. The summed E-state index contributed by atoms with van der Waals surface area (Å²) in [5.41, 5.74) is 0.760. The molecule has 4 nitrogen and oxygen atoms in total. The summed E-state index contributed by atoms with van der Waals surface area (Å²) in [6.45, 7) is 4.05. The molecule has 0 atom stereocenters. The summed E-state index contributed by atoms with van der Waals surface area (Å²) in [6.07, 6.45) is 5.04. The fraction of sp³-hybridized carbons (Fsp3) is 0.0625. The quantitative estimate of drug-likeness (QED) is 0.620. The first-order chi connectivity index (χ1) is 11.2. The number of aromatic nitrogens is 1. The Morgan fingerprint density at radius 1 is 1.35 bits per heavy atom. The van der Waals surface area contributed by atoms with Gasteiger partial charge in [-0.05, 0) is 35.5 Å². The second-order valence-corrected chi connectivity index (χ2v) is 6.46. The predicted octanol–water partition coefficient (Wildman–Crippen LogP) is 4.07. The van der Waals surface area contributed by atoms with Crippen LogP contribution in [0.3, 0.4) is 0 Å². The number of thioether (sulfide) groups is 1. The maximum absolute atomic E-state index is 13.0. The zero-order chi connectivity index (χ0) is 16.2. The lowest BCUT2D eigenvalue weighted by molar-refractivity contribution is -0.121. The number of aliphatic imine (C=N–C) groups is 1. The van der Waals surface area contributed by atoms with E-state index >= 15 is 0 Å². The Morgan fingerprint density at radius 3 is 2.78 bits per heavy atom. The maximum atomic E-state index is 13.0. The molecule has 3 rings (SSSR count). The van der Waals surface area contributed by atoms with Gasteiger partial charge in [-0.3, -0.25) is 9.69 Å². The number of rotatable bonds is 4. The Morgan fingerprint density at radius 2 is 2.13 bits per heavy atom. The maximum Gasteiger partial charge on any atom is 0.267 e. The summed E-state index contributed by atoms with van der Waals surface area (Å²) in [5, 5.41) is 2.99. The standard InChI is InChI=1S/C16H12FN3OS2/c1-2-8-20-14(21)13(10-11-3-5-12(17)6-4-11)23-16(20)19-15-18-7-9-22-15/h2-7,9-10H,1,8H2/b13-10-,19-16+. The van der Waals surface area contributed by atoms with Crippen LogP contribution in [0.1, 0.15) is 5.56 Å². The number of halogens is 1. The molecule has 1 aliphatic heterocycles. The van der Waals surface area contributed by atoms with Crippen molar-refractivity contribution >= 4 is 45.4 Å². The third kappa shape index (κ3) is 3.57. The van der Waals surface area contributed by atoms with E-state index in [2.05, 4.69) is 16.6 Å². The number of amidine groups is 1. The SMILES string of the molecule is C=CCN1C(=O)/C(=C/c2ccc(F)cc2)S/C1=N/c1nccs1. The molecular formula is C16H12FN3OS2. The van der Waals surface area contributed by atoms with Crippen LogP contribution >= 0.6 is 23.1 Å². The average Bonchev–Trinajstić information content (AvgIpc) is 3.14. The smallest absolute Gasteiger partial charge is 0.267 e. The van der Waals surface area contributed by atoms with Crippen LogP contribution in [0.4, 0.5) is 9.52 Å². The van der Waals surface area contributed by atoms with Gasteiger partial charge in [-0.2, -0.15) is 4.99 Å². The van der Waals surface area contributed by atoms with Crippen molar-refractivity contribution in [3.63, 3.8) is 0 Å². The lowest BCUT2D eigenvalue weighted by Crippen LogP contribution is -2.29. The Hall–Kier alpha value is -2.25. The van der Waals surface area contributed by atoms with Crippen molar-refractivity contribution in [3.05, 3.63) is 64.8 Å². The minimum absolute atomic E-state index is 0.144. The number of carbonyl (C=O) groups is 1. The largest absolute Gasteiger partial charge is 0.282 e. The van der Waals surface area contributed by atoms with E-state index in [4.69, 9.17) is 0 Å². The van der Waals surface area contributed by atoms with E-state index in [1.807, 2.05) is 5.38 Å². The molecule has 1 aromatic carbocycles. The average molecular weight is 345 g/mol. The number of hydrogen-bond acceptors (Lipinski definition) is 5. The van der Waals surface area contributed by atoms with Gasteiger partial charge in [-0.25, -0.2) is 9.37 Å². The molecular weight excluding hydrogens is 333 g/mol. The fourth-order valence-electron chi connectivity index (χ4n) is 1.94. The van der Waals surface area contributed by atoms with Gasteiger partial charge in [0.1, 0.15) is 5.82 Å². The molecule has 7 heteroatoms. The highest BCUT2D eigenvalue weighted by Gasteiger charge is 2.32. The number of nitrogens with zero attached hydrogens (tertiary/aromatic N) is 3. The molecule has 2 aromatic rings. The Balaban J connectivity index is 1.92. The number of carbonyl (C=O) groups excluding carboxylic acids is 1. The van der Waals surface area contributed by atoms with Crippen molar-refractivity contribution in [2.75, 3.05) is 6.54 Å².